The molecule has 0 unspecified atom stereocenters. The summed E-state index contributed by atoms with van der Waals surface area (Å²) in [6.45, 7) is 1.14. The third kappa shape index (κ3) is 4.48. The van der Waals surface area contributed by atoms with Crippen LogP contribution in [0.4, 0.5) is 0 Å². The number of methoxy groups -OCH3 is 1. The van der Waals surface area contributed by atoms with Crippen molar-refractivity contribution in [3.63, 3.8) is 0 Å². The summed E-state index contributed by atoms with van der Waals surface area (Å²) >= 11 is 6.02. The molecule has 1 aliphatic rings. The molecule has 2 aromatic rings. The van der Waals surface area contributed by atoms with Gasteiger partial charge >= 0.3 is 0 Å². The zero-order valence-electron chi connectivity index (χ0n) is 15.7. The van der Waals surface area contributed by atoms with Gasteiger partial charge < -0.3 is 10.1 Å². The van der Waals surface area contributed by atoms with Crippen LogP contribution in [0, 0.1) is 0 Å². The Balaban J connectivity index is 1.83. The molecule has 2 aromatic carbocycles. The summed E-state index contributed by atoms with van der Waals surface area (Å²) < 4.78 is 32.8. The molecule has 0 aromatic heterocycles. The van der Waals surface area contributed by atoms with E-state index in [4.69, 9.17) is 16.3 Å². The van der Waals surface area contributed by atoms with Gasteiger partial charge in [-0.1, -0.05) is 30.2 Å². The minimum Gasteiger partial charge on any atom is -0.496 e. The van der Waals surface area contributed by atoms with Gasteiger partial charge in [-0.2, -0.15) is 4.31 Å². The molecule has 0 atom stereocenters. The van der Waals surface area contributed by atoms with Crippen molar-refractivity contribution in [2.45, 2.75) is 30.7 Å². The highest BCUT2D eigenvalue weighted by Crippen LogP contribution is 2.25. The molecule has 1 saturated heterocycles. The van der Waals surface area contributed by atoms with Gasteiger partial charge in [0.25, 0.3) is 5.91 Å². The van der Waals surface area contributed by atoms with Gasteiger partial charge in [-0.3, -0.25) is 4.79 Å². The summed E-state index contributed by atoms with van der Waals surface area (Å²) in [5.74, 6) is 0.136. The molecule has 3 rings (SSSR count). The van der Waals surface area contributed by atoms with Gasteiger partial charge in [-0.05, 0) is 43.2 Å². The number of nitrogens with zero attached hydrogens (tertiary/aromatic N) is 1. The van der Waals surface area contributed by atoms with Crippen molar-refractivity contribution in [3.8, 4) is 5.75 Å². The van der Waals surface area contributed by atoms with Crippen molar-refractivity contribution in [2.24, 2.45) is 0 Å². The minimum atomic E-state index is -3.71. The smallest absolute Gasteiger partial charge is 0.252 e. The Hall–Kier alpha value is -2.09. The van der Waals surface area contributed by atoms with Gasteiger partial charge in [-0.25, -0.2) is 8.42 Å². The average Bonchev–Trinajstić information content (AvgIpc) is 2.72. The lowest BCUT2D eigenvalue weighted by Gasteiger charge is -2.26. The normalized spacial score (nSPS) is 15.2. The van der Waals surface area contributed by atoms with Crippen molar-refractivity contribution >= 4 is 27.5 Å². The van der Waals surface area contributed by atoms with E-state index in [1.54, 1.807) is 30.3 Å². The van der Waals surface area contributed by atoms with E-state index in [1.165, 1.54) is 23.5 Å². The fraction of sp³-hybridized carbons (Fsp3) is 0.350. The number of benzene rings is 2. The number of sulfonamides is 1. The lowest BCUT2D eigenvalue weighted by atomic mass is 10.1. The molecule has 1 aliphatic heterocycles. The van der Waals surface area contributed by atoms with Crippen LogP contribution in [-0.4, -0.2) is 38.8 Å². The first kappa shape index (κ1) is 20.6. The number of amides is 1. The Morgan fingerprint density at radius 3 is 2.57 bits per heavy atom. The first-order valence-corrected chi connectivity index (χ1v) is 10.9. The second-order valence-corrected chi connectivity index (χ2v) is 8.94. The molecule has 0 aliphatic carbocycles. The maximum Gasteiger partial charge on any atom is 0.252 e. The van der Waals surface area contributed by atoms with Crippen molar-refractivity contribution in [1.82, 2.24) is 9.62 Å². The average molecular weight is 423 g/mol. The highest BCUT2D eigenvalue weighted by atomic mass is 35.5. The summed E-state index contributed by atoms with van der Waals surface area (Å²) in [4.78, 5) is 12.8. The Morgan fingerprint density at radius 2 is 1.86 bits per heavy atom. The monoisotopic (exact) mass is 422 g/mol. The van der Waals surface area contributed by atoms with E-state index in [0.717, 1.165) is 19.3 Å². The van der Waals surface area contributed by atoms with Crippen molar-refractivity contribution < 1.29 is 17.9 Å². The van der Waals surface area contributed by atoms with Gasteiger partial charge in [0.2, 0.25) is 10.0 Å². The van der Waals surface area contributed by atoms with Crippen LogP contribution in [0.15, 0.2) is 47.4 Å². The zero-order valence-corrected chi connectivity index (χ0v) is 17.2. The van der Waals surface area contributed by atoms with Crippen LogP contribution in [0.3, 0.4) is 0 Å². The number of halogens is 1. The first-order valence-electron chi connectivity index (χ1n) is 9.13. The van der Waals surface area contributed by atoms with Crippen LogP contribution < -0.4 is 10.1 Å². The summed E-state index contributed by atoms with van der Waals surface area (Å²) in [6, 6.07) is 11.4. The SMILES string of the molecule is COc1ccc(Cl)cc1CNC(=O)c1ccccc1S(=O)(=O)N1CCCCC1. The maximum atomic E-state index is 13.0. The fourth-order valence-electron chi connectivity index (χ4n) is 3.28. The number of nitrogens with one attached hydrogen (secondary N) is 1. The van der Waals surface area contributed by atoms with Crippen LogP contribution in [0.2, 0.25) is 5.02 Å². The molecule has 1 heterocycles. The quantitative estimate of drug-likeness (QED) is 0.773. The van der Waals surface area contributed by atoms with E-state index in [9.17, 15) is 13.2 Å². The maximum absolute atomic E-state index is 13.0. The predicted octanol–water partition coefficient (Wildman–Crippen LogP) is 3.45. The molecule has 0 bridgehead atoms. The minimum absolute atomic E-state index is 0.0347. The molecule has 150 valence electrons. The number of carbonyl (C=O) groups excluding carboxylic acids is 1. The Bertz CT molecular complexity index is 956. The standard InChI is InChI=1S/C20H23ClN2O4S/c1-27-18-10-9-16(21)13-15(18)14-22-20(24)17-7-3-4-8-19(17)28(25,26)23-11-5-2-6-12-23/h3-4,7-10,13H,2,5-6,11-12,14H2,1H3,(H,22,24). The molecule has 0 radical (unpaired) electrons. The van der Waals surface area contributed by atoms with Crippen LogP contribution in [0.25, 0.3) is 0 Å². The van der Waals surface area contributed by atoms with Gasteiger partial charge in [0.1, 0.15) is 5.75 Å². The Morgan fingerprint density at radius 1 is 1.14 bits per heavy atom. The highest BCUT2D eigenvalue weighted by molar-refractivity contribution is 7.89. The van der Waals surface area contributed by atoms with Gasteiger partial charge in [0.15, 0.2) is 0 Å². The molecule has 6 nitrogen and oxygen atoms in total. The Labute approximate surface area is 170 Å². The van der Waals surface area contributed by atoms with Gasteiger partial charge in [-0.15, -0.1) is 0 Å². The molecule has 28 heavy (non-hydrogen) atoms. The van der Waals surface area contributed by atoms with Crippen molar-refractivity contribution in [3.05, 3.63) is 58.6 Å². The topological polar surface area (TPSA) is 75.7 Å². The lowest BCUT2D eigenvalue weighted by molar-refractivity contribution is 0.0947. The van der Waals surface area contributed by atoms with Crippen molar-refractivity contribution in [1.29, 1.82) is 0 Å². The first-order chi connectivity index (χ1) is 13.4. The van der Waals surface area contributed by atoms with Crippen molar-refractivity contribution in [2.75, 3.05) is 20.2 Å². The number of carbonyl (C=O) groups is 1. The second-order valence-electron chi connectivity index (χ2n) is 6.60. The molecule has 1 fully saturated rings. The predicted molar refractivity (Wildman–Crippen MR) is 108 cm³/mol. The highest BCUT2D eigenvalue weighted by Gasteiger charge is 2.29. The molecule has 1 amide bonds. The number of hydrogen-bond acceptors (Lipinski definition) is 4. The lowest BCUT2D eigenvalue weighted by Crippen LogP contribution is -2.37. The van der Waals surface area contributed by atoms with Crippen LogP contribution in [-0.2, 0) is 16.6 Å². The van der Waals surface area contributed by atoms with E-state index in [0.29, 0.717) is 29.4 Å². The van der Waals surface area contributed by atoms with E-state index >= 15 is 0 Å². The number of rotatable bonds is 6. The third-order valence-corrected chi connectivity index (χ3v) is 6.94. The van der Waals surface area contributed by atoms with Gasteiger partial charge in [0.05, 0.1) is 17.6 Å². The largest absolute Gasteiger partial charge is 0.496 e. The van der Waals surface area contributed by atoms with E-state index in [-0.39, 0.29) is 17.0 Å². The summed E-state index contributed by atoms with van der Waals surface area (Å²) in [5.41, 5.74) is 0.841. The molecule has 1 N–H and O–H groups in total. The number of piperidine rings is 1. The van der Waals surface area contributed by atoms with Gasteiger partial charge in [0, 0.05) is 30.2 Å². The summed E-state index contributed by atoms with van der Waals surface area (Å²) in [7, 11) is -2.18. The summed E-state index contributed by atoms with van der Waals surface area (Å²) in [5, 5.41) is 3.30. The third-order valence-electron chi connectivity index (χ3n) is 4.75. The van der Waals surface area contributed by atoms with Crippen LogP contribution in [0.1, 0.15) is 35.2 Å². The zero-order chi connectivity index (χ0) is 20.1. The molecule has 0 spiro atoms. The molecular formula is C20H23ClN2O4S. The molecule has 0 saturated carbocycles. The number of hydrogen-bond donors (Lipinski definition) is 1. The van der Waals surface area contributed by atoms with Crippen LogP contribution in [0.5, 0.6) is 5.75 Å². The van der Waals surface area contributed by atoms with E-state index < -0.39 is 15.9 Å². The van der Waals surface area contributed by atoms with E-state index in [1.807, 2.05) is 0 Å². The fourth-order valence-corrected chi connectivity index (χ4v) is 5.18. The number of ether oxygens (including phenoxy) is 1. The summed E-state index contributed by atoms with van der Waals surface area (Å²) in [6.07, 6.45) is 2.69. The molecule has 8 heteroatoms. The van der Waals surface area contributed by atoms with Crippen LogP contribution >= 0.6 is 11.6 Å². The Kier molecular flexibility index (Phi) is 6.59. The second kappa shape index (κ2) is 8.94. The van der Waals surface area contributed by atoms with E-state index in [2.05, 4.69) is 5.32 Å². The molecular weight excluding hydrogens is 400 g/mol.